The molecule has 1 aliphatic heterocycles. The fraction of sp³-hybridized carbons (Fsp3) is 0.125. The fourth-order valence-electron chi connectivity index (χ4n) is 0.813. The fourth-order valence-corrected chi connectivity index (χ4v) is 0.813. The highest BCUT2D eigenvalue weighted by molar-refractivity contribution is 5.77. The number of rotatable bonds is 2. The molecule has 0 saturated heterocycles. The Morgan fingerprint density at radius 2 is 2.36 bits per heavy atom. The number of carbonyl (C=O) groups is 1. The second-order valence-electron chi connectivity index (χ2n) is 2.24. The smallest absolute Gasteiger partial charge is 0.221 e. The highest BCUT2D eigenvalue weighted by atomic mass is 16.1. The lowest BCUT2D eigenvalue weighted by atomic mass is 10.1. The Hall–Kier alpha value is -1.51. The van der Waals surface area contributed by atoms with Gasteiger partial charge in [-0.1, -0.05) is 6.08 Å². The van der Waals surface area contributed by atoms with Gasteiger partial charge in [-0.25, -0.2) is 0 Å². The normalized spacial score (nSPS) is 15.1. The van der Waals surface area contributed by atoms with Gasteiger partial charge in [0.25, 0.3) is 0 Å². The van der Waals surface area contributed by atoms with Crippen LogP contribution in [0.1, 0.15) is 6.42 Å². The van der Waals surface area contributed by atoms with Crippen LogP contribution in [-0.2, 0) is 4.79 Å². The van der Waals surface area contributed by atoms with E-state index in [4.69, 9.17) is 5.73 Å². The monoisotopic (exact) mass is 150 g/mol. The first-order valence-electron chi connectivity index (χ1n) is 3.35. The first-order chi connectivity index (χ1) is 5.29. The quantitative estimate of drug-likeness (QED) is 0.599. The number of hydrogen-bond donors (Lipinski definition) is 2. The summed E-state index contributed by atoms with van der Waals surface area (Å²) in [5.41, 5.74) is 5.93. The highest BCUT2D eigenvalue weighted by Gasteiger charge is 1.97. The molecule has 1 rings (SSSR count). The molecule has 3 nitrogen and oxygen atoms in total. The predicted octanol–water partition coefficient (Wildman–Crippen LogP) is 0.419. The average Bonchev–Trinajstić information content (AvgIpc) is 2.14. The number of carbonyl (C=O) groups excluding carboxylic acids is 1. The Morgan fingerprint density at radius 3 is 3.09 bits per heavy atom. The van der Waals surface area contributed by atoms with Crippen LogP contribution in [0.2, 0.25) is 0 Å². The van der Waals surface area contributed by atoms with Crippen molar-refractivity contribution in [2.45, 2.75) is 6.42 Å². The molecule has 3 N–H and O–H groups in total. The number of amides is 1. The van der Waals surface area contributed by atoms with Crippen LogP contribution in [0.4, 0.5) is 0 Å². The van der Waals surface area contributed by atoms with E-state index >= 15 is 0 Å². The summed E-state index contributed by atoms with van der Waals surface area (Å²) in [6.07, 6.45) is 9.34. The van der Waals surface area contributed by atoms with Crippen LogP contribution in [-0.4, -0.2) is 5.91 Å². The summed E-state index contributed by atoms with van der Waals surface area (Å²) in [5, 5.41) is 2.89. The van der Waals surface area contributed by atoms with Crippen LogP contribution in [0.25, 0.3) is 0 Å². The Bertz CT molecular complexity index is 238. The van der Waals surface area contributed by atoms with Crippen LogP contribution in [0.5, 0.6) is 0 Å². The van der Waals surface area contributed by atoms with E-state index in [9.17, 15) is 4.79 Å². The molecule has 1 heterocycles. The molecule has 0 saturated carbocycles. The van der Waals surface area contributed by atoms with Gasteiger partial charge >= 0.3 is 0 Å². The average molecular weight is 150 g/mol. The van der Waals surface area contributed by atoms with E-state index in [1.807, 2.05) is 18.2 Å². The third-order valence-electron chi connectivity index (χ3n) is 1.27. The van der Waals surface area contributed by atoms with Gasteiger partial charge in [-0.2, -0.15) is 0 Å². The largest absolute Gasteiger partial charge is 0.369 e. The maximum Gasteiger partial charge on any atom is 0.221 e. The molecular weight excluding hydrogens is 140 g/mol. The van der Waals surface area contributed by atoms with Crippen LogP contribution in [0.3, 0.4) is 0 Å². The minimum absolute atomic E-state index is 0.294. The molecule has 3 heteroatoms. The summed E-state index contributed by atoms with van der Waals surface area (Å²) in [6.45, 7) is 0. The van der Waals surface area contributed by atoms with Crippen molar-refractivity contribution in [3.05, 3.63) is 36.2 Å². The van der Waals surface area contributed by atoms with Crippen LogP contribution in [0.15, 0.2) is 36.2 Å². The van der Waals surface area contributed by atoms with Gasteiger partial charge in [0.1, 0.15) is 0 Å². The molecule has 0 fully saturated rings. The third-order valence-corrected chi connectivity index (χ3v) is 1.27. The van der Waals surface area contributed by atoms with Crippen molar-refractivity contribution in [1.29, 1.82) is 0 Å². The summed E-state index contributed by atoms with van der Waals surface area (Å²) in [7, 11) is 0. The molecule has 0 aromatic heterocycles. The molecule has 0 unspecified atom stereocenters. The van der Waals surface area contributed by atoms with Crippen LogP contribution in [0, 0.1) is 0 Å². The molecule has 0 radical (unpaired) electrons. The topological polar surface area (TPSA) is 55.1 Å². The van der Waals surface area contributed by atoms with Gasteiger partial charge in [0.2, 0.25) is 5.91 Å². The van der Waals surface area contributed by atoms with Crippen molar-refractivity contribution < 1.29 is 4.79 Å². The zero-order valence-electron chi connectivity index (χ0n) is 6.08. The number of primary amides is 1. The van der Waals surface area contributed by atoms with Crippen molar-refractivity contribution in [2.75, 3.05) is 0 Å². The summed E-state index contributed by atoms with van der Waals surface area (Å²) in [4.78, 5) is 10.5. The molecule has 0 aromatic carbocycles. The van der Waals surface area contributed by atoms with Gasteiger partial charge in [-0.3, -0.25) is 4.79 Å². The third kappa shape index (κ3) is 2.71. The summed E-state index contributed by atoms with van der Waals surface area (Å²) in [6, 6.07) is 0. The Balaban J connectivity index is 2.62. The molecule has 1 aliphatic rings. The van der Waals surface area contributed by atoms with Crippen LogP contribution >= 0.6 is 0 Å². The number of nitrogens with two attached hydrogens (primary N) is 1. The number of allylic oxidation sites excluding steroid dienone is 3. The second-order valence-corrected chi connectivity index (χ2v) is 2.24. The molecule has 0 aromatic rings. The van der Waals surface area contributed by atoms with Crippen molar-refractivity contribution in [1.82, 2.24) is 5.32 Å². The van der Waals surface area contributed by atoms with E-state index in [0.717, 1.165) is 5.57 Å². The first kappa shape index (κ1) is 7.60. The van der Waals surface area contributed by atoms with Crippen molar-refractivity contribution in [2.24, 2.45) is 5.73 Å². The second kappa shape index (κ2) is 3.61. The molecule has 11 heavy (non-hydrogen) atoms. The van der Waals surface area contributed by atoms with E-state index < -0.39 is 0 Å². The first-order valence-corrected chi connectivity index (χ1v) is 3.35. The minimum atomic E-state index is -0.309. The summed E-state index contributed by atoms with van der Waals surface area (Å²) < 4.78 is 0. The molecule has 58 valence electrons. The van der Waals surface area contributed by atoms with Gasteiger partial charge < -0.3 is 11.1 Å². The summed E-state index contributed by atoms with van der Waals surface area (Å²) in [5.74, 6) is -0.309. The number of hydrogen-bond acceptors (Lipinski definition) is 2. The Morgan fingerprint density at radius 1 is 1.55 bits per heavy atom. The SMILES string of the molecule is NC(=O)CC1=CC=CNC=C1. The maximum atomic E-state index is 10.5. The molecule has 0 atom stereocenters. The molecule has 0 bridgehead atoms. The van der Waals surface area contributed by atoms with Crippen molar-refractivity contribution in [3.8, 4) is 0 Å². The van der Waals surface area contributed by atoms with Crippen LogP contribution < -0.4 is 11.1 Å². The lowest BCUT2D eigenvalue weighted by Gasteiger charge is -1.93. The highest BCUT2D eigenvalue weighted by Crippen LogP contribution is 2.04. The maximum absolute atomic E-state index is 10.5. The summed E-state index contributed by atoms with van der Waals surface area (Å²) >= 11 is 0. The van der Waals surface area contributed by atoms with E-state index in [1.165, 1.54) is 0 Å². The zero-order chi connectivity index (χ0) is 8.10. The van der Waals surface area contributed by atoms with E-state index in [1.54, 1.807) is 12.4 Å². The van der Waals surface area contributed by atoms with E-state index in [-0.39, 0.29) is 5.91 Å². The van der Waals surface area contributed by atoms with E-state index in [2.05, 4.69) is 5.32 Å². The lowest BCUT2D eigenvalue weighted by molar-refractivity contribution is -0.117. The van der Waals surface area contributed by atoms with E-state index in [0.29, 0.717) is 6.42 Å². The Labute approximate surface area is 65.3 Å². The lowest BCUT2D eigenvalue weighted by Crippen LogP contribution is -2.10. The standard InChI is InChI=1S/C8H10N2O/c9-8(11)6-7-2-1-4-10-5-3-7/h1-5,10H,6H2,(H2,9,11). The van der Waals surface area contributed by atoms with Crippen molar-refractivity contribution >= 4 is 5.91 Å². The zero-order valence-corrected chi connectivity index (χ0v) is 6.08. The van der Waals surface area contributed by atoms with Gasteiger partial charge in [0.05, 0.1) is 6.42 Å². The number of nitrogens with one attached hydrogen (secondary N) is 1. The van der Waals surface area contributed by atoms with Gasteiger partial charge in [-0.15, -0.1) is 0 Å². The van der Waals surface area contributed by atoms with Gasteiger partial charge in [-0.05, 0) is 17.7 Å². The van der Waals surface area contributed by atoms with Gasteiger partial charge in [0, 0.05) is 12.4 Å². The Kier molecular flexibility index (Phi) is 2.49. The minimum Gasteiger partial charge on any atom is -0.369 e. The van der Waals surface area contributed by atoms with Gasteiger partial charge in [0.15, 0.2) is 0 Å². The molecule has 0 spiro atoms. The molecular formula is C8H10N2O. The molecule has 0 aliphatic carbocycles. The van der Waals surface area contributed by atoms with Crippen molar-refractivity contribution in [3.63, 3.8) is 0 Å². The molecule has 1 amide bonds. The predicted molar refractivity (Wildman–Crippen MR) is 43.3 cm³/mol.